The molecule has 0 spiro atoms. The van der Waals surface area contributed by atoms with Crippen LogP contribution in [0.25, 0.3) is 0 Å². The molecule has 0 saturated carbocycles. The van der Waals surface area contributed by atoms with E-state index in [1.165, 1.54) is 193 Å². The molecule has 0 aromatic heterocycles. The van der Waals surface area contributed by atoms with Crippen molar-refractivity contribution >= 4 is 5.97 Å². The minimum atomic E-state index is 0.0102. The molecule has 0 fully saturated rings. The van der Waals surface area contributed by atoms with Crippen molar-refractivity contribution in [2.75, 3.05) is 6.61 Å². The highest BCUT2D eigenvalue weighted by atomic mass is 16.5. The second-order valence-electron chi connectivity index (χ2n) is 16.2. The molecular formula is C49H92O2. The summed E-state index contributed by atoms with van der Waals surface area (Å²) in [5, 5.41) is 0. The van der Waals surface area contributed by atoms with Gasteiger partial charge in [0, 0.05) is 6.42 Å². The number of allylic oxidation sites excluding steroid dienone is 6. The van der Waals surface area contributed by atoms with Crippen LogP contribution in [0.3, 0.4) is 0 Å². The van der Waals surface area contributed by atoms with Gasteiger partial charge in [-0.2, -0.15) is 0 Å². The predicted octanol–water partition coefficient (Wildman–Crippen LogP) is 17.3. The summed E-state index contributed by atoms with van der Waals surface area (Å²) in [6.07, 6.45) is 62.7. The fourth-order valence-electron chi connectivity index (χ4n) is 7.04. The molecule has 0 amide bonds. The minimum absolute atomic E-state index is 0.0102. The third-order valence-corrected chi connectivity index (χ3v) is 10.5. The van der Waals surface area contributed by atoms with Crippen molar-refractivity contribution in [3.8, 4) is 0 Å². The van der Waals surface area contributed by atoms with Crippen molar-refractivity contribution in [2.45, 2.75) is 258 Å². The summed E-state index contributed by atoms with van der Waals surface area (Å²) in [6, 6.07) is 0. The molecule has 0 heterocycles. The molecule has 2 heteroatoms. The third-order valence-electron chi connectivity index (χ3n) is 10.5. The van der Waals surface area contributed by atoms with E-state index in [2.05, 4.69) is 57.2 Å². The molecule has 0 rings (SSSR count). The van der Waals surface area contributed by atoms with E-state index >= 15 is 0 Å². The first-order chi connectivity index (χ1) is 25.2. The molecule has 0 aliphatic heterocycles. The second-order valence-corrected chi connectivity index (χ2v) is 16.2. The van der Waals surface area contributed by atoms with Gasteiger partial charge in [0.05, 0.1) is 6.61 Å². The summed E-state index contributed by atoms with van der Waals surface area (Å²) in [5.41, 5.74) is 0. The van der Waals surface area contributed by atoms with Crippen molar-refractivity contribution in [2.24, 2.45) is 5.92 Å². The van der Waals surface area contributed by atoms with Crippen LogP contribution in [0.5, 0.6) is 0 Å². The van der Waals surface area contributed by atoms with Gasteiger partial charge in [-0.3, -0.25) is 4.79 Å². The van der Waals surface area contributed by atoms with Crippen LogP contribution in [0.2, 0.25) is 0 Å². The molecule has 0 unspecified atom stereocenters. The van der Waals surface area contributed by atoms with Crippen LogP contribution in [0, 0.1) is 5.92 Å². The predicted molar refractivity (Wildman–Crippen MR) is 230 cm³/mol. The zero-order valence-electron chi connectivity index (χ0n) is 35.2. The van der Waals surface area contributed by atoms with Gasteiger partial charge in [-0.1, -0.05) is 243 Å². The molecule has 300 valence electrons. The molecule has 0 N–H and O–H groups in total. The lowest BCUT2D eigenvalue weighted by Crippen LogP contribution is -2.05. The fourth-order valence-corrected chi connectivity index (χ4v) is 7.04. The molecule has 51 heavy (non-hydrogen) atoms. The Bertz CT molecular complexity index is 747. The fraction of sp³-hybridized carbons (Fsp3) is 0.857. The Morgan fingerprint density at radius 2 is 0.745 bits per heavy atom. The highest BCUT2D eigenvalue weighted by Crippen LogP contribution is 2.17. The first-order valence-electron chi connectivity index (χ1n) is 23.3. The van der Waals surface area contributed by atoms with Gasteiger partial charge >= 0.3 is 5.97 Å². The Kier molecular flexibility index (Phi) is 43.7. The van der Waals surface area contributed by atoms with Crippen LogP contribution < -0.4 is 0 Å². The van der Waals surface area contributed by atoms with Gasteiger partial charge in [0.2, 0.25) is 0 Å². The number of carbonyl (C=O) groups excluding carboxylic acids is 1. The van der Waals surface area contributed by atoms with Gasteiger partial charge in [0.1, 0.15) is 0 Å². The highest BCUT2D eigenvalue weighted by Gasteiger charge is 2.03. The van der Waals surface area contributed by atoms with Gasteiger partial charge in [0.15, 0.2) is 0 Å². The lowest BCUT2D eigenvalue weighted by Gasteiger charge is -2.06. The van der Waals surface area contributed by atoms with E-state index in [1.807, 2.05) is 0 Å². The molecule has 0 aromatic rings. The summed E-state index contributed by atoms with van der Waals surface area (Å²) < 4.78 is 5.46. The minimum Gasteiger partial charge on any atom is -0.466 e. The third kappa shape index (κ3) is 46.7. The van der Waals surface area contributed by atoms with Gasteiger partial charge < -0.3 is 4.74 Å². The highest BCUT2D eigenvalue weighted by molar-refractivity contribution is 5.69. The molecule has 0 aliphatic carbocycles. The number of carbonyl (C=O) groups is 1. The van der Waals surface area contributed by atoms with Crippen LogP contribution in [-0.4, -0.2) is 12.6 Å². The van der Waals surface area contributed by atoms with E-state index in [9.17, 15) is 4.79 Å². The van der Waals surface area contributed by atoms with E-state index in [-0.39, 0.29) is 5.97 Å². The van der Waals surface area contributed by atoms with Crippen LogP contribution in [0.1, 0.15) is 258 Å². The molecule has 2 nitrogen and oxygen atoms in total. The SMILES string of the molecule is CC/C=C\C/C=C\C/C=C\CCCCCCCC(=O)OCCCCCCCCCCCCCCCCCCCCCCCCCCCCC(C)C. The van der Waals surface area contributed by atoms with Crippen molar-refractivity contribution in [1.29, 1.82) is 0 Å². The normalized spacial score (nSPS) is 12.1. The monoisotopic (exact) mass is 713 g/mol. The molecule has 0 bridgehead atoms. The molecule has 0 atom stereocenters. The first-order valence-corrected chi connectivity index (χ1v) is 23.3. The second kappa shape index (κ2) is 44.8. The number of ether oxygens (including phenoxy) is 1. The Labute approximate surface area is 321 Å². The maximum atomic E-state index is 12.0. The van der Waals surface area contributed by atoms with Crippen molar-refractivity contribution in [3.05, 3.63) is 36.5 Å². The number of hydrogen-bond donors (Lipinski definition) is 0. The average molecular weight is 713 g/mol. The Morgan fingerprint density at radius 3 is 1.16 bits per heavy atom. The number of unbranched alkanes of at least 4 members (excludes halogenated alkanes) is 30. The summed E-state index contributed by atoms with van der Waals surface area (Å²) in [7, 11) is 0. The zero-order valence-corrected chi connectivity index (χ0v) is 35.2. The molecule has 0 aromatic carbocycles. The van der Waals surface area contributed by atoms with Crippen LogP contribution in [-0.2, 0) is 9.53 Å². The van der Waals surface area contributed by atoms with Crippen LogP contribution >= 0.6 is 0 Å². The van der Waals surface area contributed by atoms with E-state index < -0.39 is 0 Å². The van der Waals surface area contributed by atoms with E-state index in [0.717, 1.165) is 44.4 Å². The van der Waals surface area contributed by atoms with E-state index in [0.29, 0.717) is 13.0 Å². The number of hydrogen-bond acceptors (Lipinski definition) is 2. The summed E-state index contributed by atoms with van der Waals surface area (Å²) in [6.45, 7) is 7.48. The molecule has 0 saturated heterocycles. The Morgan fingerprint density at radius 1 is 0.412 bits per heavy atom. The van der Waals surface area contributed by atoms with Crippen molar-refractivity contribution < 1.29 is 9.53 Å². The van der Waals surface area contributed by atoms with Gasteiger partial charge in [-0.05, 0) is 50.9 Å². The number of rotatable bonds is 42. The zero-order chi connectivity index (χ0) is 37.0. The summed E-state index contributed by atoms with van der Waals surface area (Å²) in [5.74, 6) is 0.896. The van der Waals surface area contributed by atoms with E-state index in [1.54, 1.807) is 0 Å². The number of esters is 1. The molecule has 0 aliphatic rings. The maximum Gasteiger partial charge on any atom is 0.305 e. The standard InChI is InChI=1S/C49H92O2/c1-4-5-6-7-8-9-10-11-24-28-31-34-37-40-43-46-49(50)51-47-44-41-38-35-32-29-26-23-21-19-17-15-13-12-14-16-18-20-22-25-27-30-33-36-39-42-45-48(2)3/h5-6,8-9,11,24,48H,4,7,10,12-23,25-47H2,1-3H3/b6-5-,9-8-,24-11-. The quantitative estimate of drug-likeness (QED) is 0.0358. The van der Waals surface area contributed by atoms with Crippen LogP contribution in [0.4, 0.5) is 0 Å². The topological polar surface area (TPSA) is 26.3 Å². The lowest BCUT2D eigenvalue weighted by molar-refractivity contribution is -0.143. The van der Waals surface area contributed by atoms with Gasteiger partial charge in [-0.25, -0.2) is 0 Å². The average Bonchev–Trinajstić information content (AvgIpc) is 3.12. The Balaban J connectivity index is 3.18. The largest absolute Gasteiger partial charge is 0.466 e. The maximum absolute atomic E-state index is 12.0. The van der Waals surface area contributed by atoms with Crippen molar-refractivity contribution in [1.82, 2.24) is 0 Å². The molecule has 0 radical (unpaired) electrons. The van der Waals surface area contributed by atoms with E-state index in [4.69, 9.17) is 4.74 Å². The lowest BCUT2D eigenvalue weighted by atomic mass is 10.0. The smallest absolute Gasteiger partial charge is 0.305 e. The molecular weight excluding hydrogens is 621 g/mol. The van der Waals surface area contributed by atoms with Gasteiger partial charge in [-0.15, -0.1) is 0 Å². The van der Waals surface area contributed by atoms with Crippen molar-refractivity contribution in [3.63, 3.8) is 0 Å². The van der Waals surface area contributed by atoms with Crippen LogP contribution in [0.15, 0.2) is 36.5 Å². The summed E-state index contributed by atoms with van der Waals surface area (Å²) in [4.78, 5) is 12.0. The summed E-state index contributed by atoms with van der Waals surface area (Å²) >= 11 is 0. The first kappa shape index (κ1) is 49.7. The Hall–Kier alpha value is -1.31. The van der Waals surface area contributed by atoms with Gasteiger partial charge in [0.25, 0.3) is 0 Å².